The topological polar surface area (TPSA) is 183 Å². The number of aliphatic carboxylic acids is 1. The molecule has 5 atom stereocenters. The minimum absolute atomic E-state index is 0.212. The molecular formula is C14H20N6O5S. The van der Waals surface area contributed by atoms with Crippen molar-refractivity contribution in [3.05, 3.63) is 12.7 Å². The van der Waals surface area contributed by atoms with Crippen molar-refractivity contribution in [2.24, 2.45) is 5.73 Å². The summed E-state index contributed by atoms with van der Waals surface area (Å²) in [4.78, 5) is 22.8. The number of nitrogens with two attached hydrogens (primary N) is 2. The van der Waals surface area contributed by atoms with Gasteiger partial charge in [-0.1, -0.05) is 0 Å². The number of aromatic nitrogens is 4. The molecule has 3 unspecified atom stereocenters. The normalized spacial score (nSPS) is 27.0. The molecule has 26 heavy (non-hydrogen) atoms. The third-order valence-corrected chi connectivity index (χ3v) is 5.26. The maximum Gasteiger partial charge on any atom is 0.320 e. The highest BCUT2D eigenvalue weighted by Gasteiger charge is 2.44. The van der Waals surface area contributed by atoms with E-state index >= 15 is 0 Å². The van der Waals surface area contributed by atoms with Crippen LogP contribution in [0.2, 0.25) is 0 Å². The molecule has 11 nitrogen and oxygen atoms in total. The summed E-state index contributed by atoms with van der Waals surface area (Å²) in [5.74, 6) is 0.0405. The first-order chi connectivity index (χ1) is 12.4. The lowest BCUT2D eigenvalue weighted by molar-refractivity contribution is -0.138. The number of aliphatic hydroxyl groups excluding tert-OH is 2. The van der Waals surface area contributed by atoms with E-state index in [1.807, 2.05) is 0 Å². The van der Waals surface area contributed by atoms with Gasteiger partial charge in [-0.05, 0) is 12.2 Å². The number of hydrogen-bond donors (Lipinski definition) is 5. The van der Waals surface area contributed by atoms with Crippen LogP contribution in [-0.4, -0.2) is 76.7 Å². The Bertz CT molecular complexity index is 788. The van der Waals surface area contributed by atoms with Gasteiger partial charge in [0.15, 0.2) is 17.7 Å². The minimum atomic E-state index is -1.17. The lowest BCUT2D eigenvalue weighted by atomic mass is 10.1. The first-order valence-electron chi connectivity index (χ1n) is 7.91. The number of aliphatic hydroxyl groups is 2. The van der Waals surface area contributed by atoms with Crippen LogP contribution < -0.4 is 11.5 Å². The number of rotatable bonds is 7. The molecule has 0 aromatic carbocycles. The third kappa shape index (κ3) is 3.59. The van der Waals surface area contributed by atoms with Crippen LogP contribution >= 0.6 is 11.8 Å². The number of fused-ring (bicyclic) bond motifs is 1. The Morgan fingerprint density at radius 1 is 1.35 bits per heavy atom. The zero-order valence-electron chi connectivity index (χ0n) is 13.7. The van der Waals surface area contributed by atoms with Crippen molar-refractivity contribution >= 4 is 34.7 Å². The Kier molecular flexibility index (Phi) is 5.58. The van der Waals surface area contributed by atoms with Gasteiger partial charge in [-0.3, -0.25) is 9.36 Å². The van der Waals surface area contributed by atoms with Gasteiger partial charge in [0.25, 0.3) is 0 Å². The van der Waals surface area contributed by atoms with E-state index in [4.69, 9.17) is 21.3 Å². The Hall–Kier alpha value is -1.99. The van der Waals surface area contributed by atoms with E-state index in [-0.39, 0.29) is 5.82 Å². The van der Waals surface area contributed by atoms with Gasteiger partial charge >= 0.3 is 5.97 Å². The van der Waals surface area contributed by atoms with E-state index in [0.717, 1.165) is 0 Å². The molecule has 0 spiro atoms. The van der Waals surface area contributed by atoms with Crippen LogP contribution in [0.1, 0.15) is 12.6 Å². The highest BCUT2D eigenvalue weighted by molar-refractivity contribution is 7.99. The molecule has 1 fully saturated rings. The van der Waals surface area contributed by atoms with E-state index in [1.165, 1.54) is 29.0 Å². The van der Waals surface area contributed by atoms with Crippen molar-refractivity contribution in [1.29, 1.82) is 0 Å². The summed E-state index contributed by atoms with van der Waals surface area (Å²) in [5.41, 5.74) is 12.0. The highest BCUT2D eigenvalue weighted by atomic mass is 32.2. The average Bonchev–Trinajstić information content (AvgIpc) is 3.15. The first-order valence-corrected chi connectivity index (χ1v) is 9.06. The van der Waals surface area contributed by atoms with Crippen molar-refractivity contribution in [1.82, 2.24) is 19.5 Å². The van der Waals surface area contributed by atoms with Crippen LogP contribution in [0.15, 0.2) is 12.7 Å². The van der Waals surface area contributed by atoms with Crippen LogP contribution in [0, 0.1) is 0 Å². The zero-order chi connectivity index (χ0) is 18.8. The van der Waals surface area contributed by atoms with Gasteiger partial charge < -0.3 is 31.5 Å². The van der Waals surface area contributed by atoms with Crippen molar-refractivity contribution in [2.75, 3.05) is 17.2 Å². The summed E-state index contributed by atoms with van der Waals surface area (Å²) in [5, 5.41) is 29.3. The molecule has 3 rings (SSSR count). The highest BCUT2D eigenvalue weighted by Crippen LogP contribution is 2.33. The quantitative estimate of drug-likeness (QED) is 0.352. The molecule has 3 heterocycles. The lowest BCUT2D eigenvalue weighted by Crippen LogP contribution is -2.33. The SMILES string of the molecule is Nc1ncnc2c1ncn2[C@@H]1O[C@H](CSCCC(N)C(=O)O)C(O)C1O. The molecule has 0 amide bonds. The van der Waals surface area contributed by atoms with E-state index in [2.05, 4.69) is 15.0 Å². The summed E-state index contributed by atoms with van der Waals surface area (Å²) in [7, 11) is 0. The van der Waals surface area contributed by atoms with Gasteiger partial charge in [0.1, 0.15) is 30.1 Å². The smallest absolute Gasteiger partial charge is 0.320 e. The molecule has 1 aliphatic rings. The second kappa shape index (κ2) is 7.72. The fourth-order valence-electron chi connectivity index (χ4n) is 2.69. The first kappa shape index (κ1) is 18.8. The molecule has 12 heteroatoms. The maximum absolute atomic E-state index is 10.7. The van der Waals surface area contributed by atoms with Crippen LogP contribution in [0.25, 0.3) is 11.2 Å². The summed E-state index contributed by atoms with van der Waals surface area (Å²) < 4.78 is 7.29. The predicted molar refractivity (Wildman–Crippen MR) is 93.2 cm³/mol. The largest absolute Gasteiger partial charge is 0.480 e. The molecule has 0 bridgehead atoms. The van der Waals surface area contributed by atoms with E-state index in [0.29, 0.717) is 29.1 Å². The number of thioether (sulfide) groups is 1. The monoisotopic (exact) mass is 384 g/mol. The molecule has 7 N–H and O–H groups in total. The predicted octanol–water partition coefficient (Wildman–Crippen LogP) is -1.44. The fraction of sp³-hybridized carbons (Fsp3) is 0.571. The van der Waals surface area contributed by atoms with Gasteiger partial charge in [-0.25, -0.2) is 15.0 Å². The van der Waals surface area contributed by atoms with E-state index in [9.17, 15) is 15.0 Å². The number of carboxylic acid groups (broad SMARTS) is 1. The zero-order valence-corrected chi connectivity index (χ0v) is 14.5. The second-order valence-corrected chi connectivity index (χ2v) is 7.09. The van der Waals surface area contributed by atoms with Gasteiger partial charge in [-0.2, -0.15) is 11.8 Å². The van der Waals surface area contributed by atoms with Gasteiger partial charge in [-0.15, -0.1) is 0 Å². The molecule has 0 aliphatic carbocycles. The summed E-state index contributed by atoms with van der Waals surface area (Å²) in [6.45, 7) is 0. The van der Waals surface area contributed by atoms with Crippen LogP contribution in [-0.2, 0) is 9.53 Å². The van der Waals surface area contributed by atoms with Crippen LogP contribution in [0.4, 0.5) is 5.82 Å². The number of hydrogen-bond acceptors (Lipinski definition) is 10. The lowest BCUT2D eigenvalue weighted by Gasteiger charge is -2.16. The molecule has 0 saturated carbocycles. The number of ether oxygens (including phenoxy) is 1. The van der Waals surface area contributed by atoms with Crippen molar-refractivity contribution < 1.29 is 24.9 Å². The summed E-state index contributed by atoms with van der Waals surface area (Å²) >= 11 is 1.40. The molecule has 2 aromatic heterocycles. The molecule has 1 saturated heterocycles. The molecule has 0 radical (unpaired) electrons. The standard InChI is InChI=1S/C14H20N6O5S/c15-6(14(23)24)1-2-26-3-7-9(21)10(22)13(25-7)20-5-19-8-11(16)17-4-18-12(8)20/h4-7,9-10,13,21-22H,1-3,15H2,(H,23,24)(H2,16,17,18)/t6?,7-,9?,10?,13-/m1/s1. The Morgan fingerprint density at radius 2 is 2.12 bits per heavy atom. The number of carboxylic acids is 1. The Balaban J connectivity index is 1.64. The number of nitrogens with zero attached hydrogens (tertiary/aromatic N) is 4. The van der Waals surface area contributed by atoms with Crippen molar-refractivity contribution in [2.45, 2.75) is 37.0 Å². The fourth-order valence-corrected chi connectivity index (χ4v) is 3.78. The number of carbonyl (C=O) groups is 1. The van der Waals surface area contributed by atoms with Crippen molar-refractivity contribution in [3.8, 4) is 0 Å². The molecule has 142 valence electrons. The third-order valence-electron chi connectivity index (χ3n) is 4.17. The average molecular weight is 384 g/mol. The maximum atomic E-state index is 10.7. The van der Waals surface area contributed by atoms with Gasteiger partial charge in [0, 0.05) is 5.75 Å². The molecule has 2 aromatic rings. The van der Waals surface area contributed by atoms with Crippen LogP contribution in [0.5, 0.6) is 0 Å². The number of nitrogen functional groups attached to an aromatic ring is 1. The molecule has 1 aliphatic heterocycles. The minimum Gasteiger partial charge on any atom is -0.480 e. The Morgan fingerprint density at radius 3 is 2.85 bits per heavy atom. The van der Waals surface area contributed by atoms with Crippen LogP contribution in [0.3, 0.4) is 0 Å². The van der Waals surface area contributed by atoms with Gasteiger partial charge in [0.05, 0.1) is 12.4 Å². The Labute approximate surface area is 152 Å². The van der Waals surface area contributed by atoms with E-state index < -0.39 is 36.6 Å². The number of anilines is 1. The van der Waals surface area contributed by atoms with Crippen molar-refractivity contribution in [3.63, 3.8) is 0 Å². The summed E-state index contributed by atoms with van der Waals surface area (Å²) in [6, 6.07) is -0.919. The summed E-state index contributed by atoms with van der Waals surface area (Å²) in [6.07, 6.45) is -0.747. The number of imidazole rings is 1. The van der Waals surface area contributed by atoms with Gasteiger partial charge in [0.2, 0.25) is 0 Å². The molecular weight excluding hydrogens is 364 g/mol. The second-order valence-electron chi connectivity index (χ2n) is 5.94. The van der Waals surface area contributed by atoms with E-state index in [1.54, 1.807) is 0 Å².